The fourth-order valence-electron chi connectivity index (χ4n) is 4.27. The third kappa shape index (κ3) is 6.61. The maximum absolute atomic E-state index is 14.0. The Labute approximate surface area is 235 Å². The molecule has 0 aliphatic rings. The van der Waals surface area contributed by atoms with Gasteiger partial charge in [-0.05, 0) is 73.0 Å². The van der Waals surface area contributed by atoms with Gasteiger partial charge in [0.05, 0.1) is 35.8 Å². The number of halogens is 1. The molecule has 0 fully saturated rings. The molecule has 6 nitrogen and oxygen atoms in total. The first-order valence-corrected chi connectivity index (χ1v) is 14.4. The molecule has 0 aliphatic heterocycles. The zero-order chi connectivity index (χ0) is 28.0. The number of hydrogen-bond acceptors (Lipinski definition) is 4. The minimum atomic E-state index is -4.02. The molecule has 0 saturated carbocycles. The van der Waals surface area contributed by atoms with Gasteiger partial charge in [0, 0.05) is 5.02 Å². The minimum Gasteiger partial charge on any atom is -0.497 e. The number of carbonyl (C=O) groups excluding carboxylic acids is 1. The maximum atomic E-state index is 14.0. The third-order valence-electron chi connectivity index (χ3n) is 6.50. The third-order valence-corrected chi connectivity index (χ3v) is 8.52. The molecular weight excluding hydrogens is 532 g/mol. The second kappa shape index (κ2) is 12.4. The van der Waals surface area contributed by atoms with E-state index in [-0.39, 0.29) is 34.6 Å². The van der Waals surface area contributed by atoms with Crippen LogP contribution >= 0.6 is 11.6 Å². The number of rotatable bonds is 10. The van der Waals surface area contributed by atoms with Gasteiger partial charge >= 0.3 is 0 Å². The topological polar surface area (TPSA) is 75.7 Å². The van der Waals surface area contributed by atoms with Gasteiger partial charge < -0.3 is 10.1 Å². The molecule has 39 heavy (non-hydrogen) atoms. The van der Waals surface area contributed by atoms with Crippen LogP contribution in [0.2, 0.25) is 5.02 Å². The summed E-state index contributed by atoms with van der Waals surface area (Å²) in [5.74, 6) is 0.359. The summed E-state index contributed by atoms with van der Waals surface area (Å²) in [6.45, 7) is 3.90. The summed E-state index contributed by atoms with van der Waals surface area (Å²) in [7, 11) is -2.42. The van der Waals surface area contributed by atoms with Gasteiger partial charge in [0.25, 0.3) is 15.9 Å². The highest BCUT2D eigenvalue weighted by Crippen LogP contribution is 2.30. The van der Waals surface area contributed by atoms with Crippen LogP contribution in [0.15, 0.2) is 102 Å². The Morgan fingerprint density at radius 2 is 1.56 bits per heavy atom. The Balaban J connectivity index is 1.74. The second-order valence-corrected chi connectivity index (χ2v) is 11.5. The molecule has 1 unspecified atom stereocenters. The molecule has 0 spiro atoms. The summed E-state index contributed by atoms with van der Waals surface area (Å²) in [6.07, 6.45) is 0.649. The average Bonchev–Trinajstić information content (AvgIpc) is 2.95. The van der Waals surface area contributed by atoms with E-state index in [1.54, 1.807) is 79.9 Å². The number of methoxy groups -OCH3 is 1. The molecular formula is C31H31ClN2O4S. The van der Waals surface area contributed by atoms with Crippen molar-refractivity contribution in [2.45, 2.75) is 37.8 Å². The van der Waals surface area contributed by atoms with Gasteiger partial charge in [-0.3, -0.25) is 9.10 Å². The highest BCUT2D eigenvalue weighted by molar-refractivity contribution is 7.92. The molecule has 0 aromatic heterocycles. The van der Waals surface area contributed by atoms with Crippen LogP contribution in [0.1, 0.15) is 46.4 Å². The number of para-hydroxylation sites is 1. The van der Waals surface area contributed by atoms with E-state index in [0.29, 0.717) is 11.4 Å². The van der Waals surface area contributed by atoms with Crippen LogP contribution in [0.25, 0.3) is 0 Å². The van der Waals surface area contributed by atoms with E-state index in [2.05, 4.69) is 5.32 Å². The summed E-state index contributed by atoms with van der Waals surface area (Å²) in [4.78, 5) is 13.8. The first kappa shape index (κ1) is 28.2. The van der Waals surface area contributed by atoms with E-state index in [0.717, 1.165) is 22.4 Å². The molecule has 0 saturated heterocycles. The van der Waals surface area contributed by atoms with Crippen molar-refractivity contribution in [2.75, 3.05) is 11.4 Å². The van der Waals surface area contributed by atoms with Crippen molar-refractivity contribution >= 4 is 33.2 Å². The number of sulfonamides is 1. The Hall–Kier alpha value is -3.81. The van der Waals surface area contributed by atoms with Crippen molar-refractivity contribution in [3.05, 3.63) is 124 Å². The lowest BCUT2D eigenvalue weighted by molar-refractivity contribution is 0.0936. The number of amides is 1. The summed E-state index contributed by atoms with van der Waals surface area (Å²) in [6, 6.07) is 27.7. The van der Waals surface area contributed by atoms with Gasteiger partial charge in [-0.1, -0.05) is 72.6 Å². The normalized spacial score (nSPS) is 12.0. The van der Waals surface area contributed by atoms with Crippen molar-refractivity contribution in [2.24, 2.45) is 0 Å². The Morgan fingerprint density at radius 3 is 2.18 bits per heavy atom. The summed E-state index contributed by atoms with van der Waals surface area (Å²) in [5.41, 5.74) is 3.15. The quantitative estimate of drug-likeness (QED) is 0.227. The highest BCUT2D eigenvalue weighted by Gasteiger charge is 2.29. The Bertz CT molecular complexity index is 1520. The second-order valence-electron chi connectivity index (χ2n) is 9.18. The molecule has 0 bridgehead atoms. The predicted octanol–water partition coefficient (Wildman–Crippen LogP) is 6.93. The number of anilines is 1. The van der Waals surface area contributed by atoms with Gasteiger partial charge in [0.2, 0.25) is 0 Å². The highest BCUT2D eigenvalue weighted by atomic mass is 35.5. The molecule has 1 atom stereocenters. The standard InChI is InChI=1S/C31H31ClN2O4S/c1-4-29(24-13-17-26(38-3)18-14-24)33-31(35)28-7-5-6-8-30(28)34(21-23-11-15-25(32)16-12-23)39(36,37)27-19-9-22(2)10-20-27/h5-20,29H,4,21H2,1-3H3,(H,33,35). The summed E-state index contributed by atoms with van der Waals surface area (Å²) >= 11 is 6.07. The first-order valence-electron chi connectivity index (χ1n) is 12.6. The zero-order valence-corrected chi connectivity index (χ0v) is 23.7. The van der Waals surface area contributed by atoms with Crippen LogP contribution in [0, 0.1) is 6.92 Å². The predicted molar refractivity (Wildman–Crippen MR) is 156 cm³/mol. The molecule has 202 valence electrons. The van der Waals surface area contributed by atoms with Crippen molar-refractivity contribution in [1.29, 1.82) is 0 Å². The fraction of sp³-hybridized carbons (Fsp3) is 0.194. The molecule has 4 aromatic carbocycles. The first-order chi connectivity index (χ1) is 18.7. The number of benzene rings is 4. The van der Waals surface area contributed by atoms with E-state index >= 15 is 0 Å². The number of hydrogen-bond donors (Lipinski definition) is 1. The zero-order valence-electron chi connectivity index (χ0n) is 22.1. The van der Waals surface area contributed by atoms with E-state index in [1.807, 2.05) is 38.1 Å². The van der Waals surface area contributed by atoms with Gasteiger partial charge in [-0.2, -0.15) is 0 Å². The number of nitrogens with one attached hydrogen (secondary N) is 1. The lowest BCUT2D eigenvalue weighted by atomic mass is 10.0. The van der Waals surface area contributed by atoms with Crippen LogP contribution in [-0.2, 0) is 16.6 Å². The van der Waals surface area contributed by atoms with Crippen molar-refractivity contribution in [1.82, 2.24) is 5.32 Å². The Kier molecular flexibility index (Phi) is 8.94. The lowest BCUT2D eigenvalue weighted by Crippen LogP contribution is -2.34. The maximum Gasteiger partial charge on any atom is 0.264 e. The lowest BCUT2D eigenvalue weighted by Gasteiger charge is -2.27. The fourth-order valence-corrected chi connectivity index (χ4v) is 5.87. The van der Waals surface area contributed by atoms with E-state index in [4.69, 9.17) is 16.3 Å². The van der Waals surface area contributed by atoms with Gasteiger partial charge in [-0.15, -0.1) is 0 Å². The molecule has 0 aliphatic carbocycles. The average molecular weight is 563 g/mol. The van der Waals surface area contributed by atoms with E-state index < -0.39 is 10.0 Å². The van der Waals surface area contributed by atoms with Crippen LogP contribution in [0.3, 0.4) is 0 Å². The van der Waals surface area contributed by atoms with E-state index in [1.165, 1.54) is 4.31 Å². The molecule has 4 aromatic rings. The van der Waals surface area contributed by atoms with Crippen LogP contribution in [-0.4, -0.2) is 21.4 Å². The van der Waals surface area contributed by atoms with Gasteiger partial charge in [0.1, 0.15) is 5.75 Å². The van der Waals surface area contributed by atoms with Crippen LogP contribution in [0.4, 0.5) is 5.69 Å². The van der Waals surface area contributed by atoms with Crippen molar-refractivity contribution < 1.29 is 17.9 Å². The van der Waals surface area contributed by atoms with Gasteiger partial charge in [0.15, 0.2) is 0 Å². The summed E-state index contributed by atoms with van der Waals surface area (Å²) < 4.78 is 34.5. The largest absolute Gasteiger partial charge is 0.497 e. The Morgan fingerprint density at radius 1 is 0.923 bits per heavy atom. The molecule has 0 heterocycles. The van der Waals surface area contributed by atoms with Crippen molar-refractivity contribution in [3.63, 3.8) is 0 Å². The molecule has 0 radical (unpaired) electrons. The number of ether oxygens (including phenoxy) is 1. The summed E-state index contributed by atoms with van der Waals surface area (Å²) in [5, 5.41) is 3.63. The van der Waals surface area contributed by atoms with Crippen LogP contribution in [0.5, 0.6) is 5.75 Å². The minimum absolute atomic E-state index is 0.0212. The number of carbonyl (C=O) groups is 1. The van der Waals surface area contributed by atoms with Gasteiger partial charge in [-0.25, -0.2) is 8.42 Å². The molecule has 8 heteroatoms. The SMILES string of the molecule is CCC(NC(=O)c1ccccc1N(Cc1ccc(Cl)cc1)S(=O)(=O)c1ccc(C)cc1)c1ccc(OC)cc1. The van der Waals surface area contributed by atoms with E-state index in [9.17, 15) is 13.2 Å². The smallest absolute Gasteiger partial charge is 0.264 e. The monoisotopic (exact) mass is 562 g/mol. The number of nitrogens with zero attached hydrogens (tertiary/aromatic N) is 1. The number of aryl methyl sites for hydroxylation is 1. The molecule has 1 N–H and O–H groups in total. The molecule has 4 rings (SSSR count). The van der Waals surface area contributed by atoms with Crippen LogP contribution < -0.4 is 14.4 Å². The molecule has 1 amide bonds. The van der Waals surface area contributed by atoms with Crippen molar-refractivity contribution in [3.8, 4) is 5.75 Å².